The molecule has 24 heavy (non-hydrogen) atoms. The van der Waals surface area contributed by atoms with Crippen molar-refractivity contribution in [3.05, 3.63) is 22.8 Å². The van der Waals surface area contributed by atoms with E-state index in [1.165, 1.54) is 11.3 Å². The molecule has 0 aliphatic rings. The van der Waals surface area contributed by atoms with E-state index in [1.807, 2.05) is 20.8 Å². The van der Waals surface area contributed by atoms with E-state index in [9.17, 15) is 9.59 Å². The fourth-order valence-corrected chi connectivity index (χ4v) is 2.59. The summed E-state index contributed by atoms with van der Waals surface area (Å²) in [6.45, 7) is 6.03. The second kappa shape index (κ2) is 7.52. The molecule has 2 heterocycles. The average Bonchev–Trinajstić information content (AvgIpc) is 3.07. The lowest BCUT2D eigenvalue weighted by atomic mass is 9.96. The lowest BCUT2D eigenvalue weighted by Gasteiger charge is -2.10. The number of nitrogens with two attached hydrogens (primary N) is 1. The number of nitrogens with zero attached hydrogens (tertiary/aromatic N) is 3. The summed E-state index contributed by atoms with van der Waals surface area (Å²) in [5, 5.41) is 8.81. The quantitative estimate of drug-likeness (QED) is 0.784. The summed E-state index contributed by atoms with van der Waals surface area (Å²) < 4.78 is 5.18. The number of primary amides is 1. The molecular weight excluding hydrogens is 330 g/mol. The zero-order valence-electron chi connectivity index (χ0n) is 14.0. The normalized spacial score (nSPS) is 11.5. The summed E-state index contributed by atoms with van der Waals surface area (Å²) in [4.78, 5) is 31.2. The van der Waals surface area contributed by atoms with Crippen LogP contribution in [0.2, 0.25) is 0 Å². The van der Waals surface area contributed by atoms with Crippen LogP contribution in [0.3, 0.4) is 0 Å². The molecule has 3 N–H and O–H groups in total. The minimum Gasteiger partial charge on any atom is -0.369 e. The van der Waals surface area contributed by atoms with Crippen LogP contribution in [0.25, 0.3) is 0 Å². The van der Waals surface area contributed by atoms with Crippen molar-refractivity contribution >= 4 is 28.3 Å². The molecule has 0 aliphatic heterocycles. The van der Waals surface area contributed by atoms with Crippen LogP contribution >= 0.6 is 11.3 Å². The number of aromatic nitrogens is 3. The molecule has 0 fully saturated rings. The van der Waals surface area contributed by atoms with Gasteiger partial charge < -0.3 is 15.6 Å². The summed E-state index contributed by atoms with van der Waals surface area (Å²) in [6, 6.07) is 0. The van der Waals surface area contributed by atoms with Gasteiger partial charge in [0.2, 0.25) is 17.7 Å². The Hall–Kier alpha value is -2.29. The molecule has 0 spiro atoms. The predicted octanol–water partition coefficient (Wildman–Crippen LogP) is 1.81. The van der Waals surface area contributed by atoms with Crippen LogP contribution in [0.1, 0.15) is 51.0 Å². The molecule has 0 radical (unpaired) electrons. The van der Waals surface area contributed by atoms with Crippen LogP contribution in [0, 0.1) is 0 Å². The molecule has 8 nitrogen and oxygen atoms in total. The molecule has 9 heteroatoms. The first-order valence-corrected chi connectivity index (χ1v) is 8.47. The Morgan fingerprint density at radius 3 is 2.71 bits per heavy atom. The van der Waals surface area contributed by atoms with Crippen molar-refractivity contribution in [3.8, 4) is 0 Å². The van der Waals surface area contributed by atoms with Gasteiger partial charge in [-0.15, -0.1) is 11.3 Å². The van der Waals surface area contributed by atoms with Crippen molar-refractivity contribution in [3.63, 3.8) is 0 Å². The minimum atomic E-state index is -0.452. The van der Waals surface area contributed by atoms with Gasteiger partial charge in [0.15, 0.2) is 11.0 Å². The van der Waals surface area contributed by atoms with E-state index in [1.54, 1.807) is 5.38 Å². The fraction of sp³-hybridized carbons (Fsp3) is 0.533. The Balaban J connectivity index is 1.76. The van der Waals surface area contributed by atoms with Gasteiger partial charge in [0.25, 0.3) is 0 Å². The van der Waals surface area contributed by atoms with E-state index in [2.05, 4.69) is 20.4 Å². The number of carbonyl (C=O) groups is 2. The van der Waals surface area contributed by atoms with Gasteiger partial charge in [0.05, 0.1) is 12.1 Å². The highest BCUT2D eigenvalue weighted by molar-refractivity contribution is 7.13. The van der Waals surface area contributed by atoms with E-state index in [4.69, 9.17) is 10.3 Å². The molecule has 0 bridgehead atoms. The van der Waals surface area contributed by atoms with Crippen molar-refractivity contribution in [2.75, 3.05) is 5.32 Å². The summed E-state index contributed by atoms with van der Waals surface area (Å²) in [5.41, 5.74) is 5.50. The Bertz CT molecular complexity index is 717. The number of rotatable bonds is 7. The standard InChI is InChI=1S/C15H21N5O3S/c1-15(2,3)13-19-12(23-20-13)6-4-5-11(22)18-14-17-9(8-24-14)7-10(16)21/h8H,4-7H2,1-3H3,(H2,16,21)(H,17,18,22). The largest absolute Gasteiger partial charge is 0.369 e. The van der Waals surface area contributed by atoms with Crippen LogP contribution in [-0.4, -0.2) is 26.9 Å². The maximum atomic E-state index is 11.9. The van der Waals surface area contributed by atoms with Crippen LogP contribution in [0.5, 0.6) is 0 Å². The lowest BCUT2D eigenvalue weighted by Crippen LogP contribution is -2.14. The molecule has 0 atom stereocenters. The first-order chi connectivity index (χ1) is 11.2. The lowest BCUT2D eigenvalue weighted by molar-refractivity contribution is -0.117. The van der Waals surface area contributed by atoms with Gasteiger partial charge in [-0.2, -0.15) is 4.98 Å². The van der Waals surface area contributed by atoms with Crippen LogP contribution in [0.4, 0.5) is 5.13 Å². The number of nitrogens with one attached hydrogen (secondary N) is 1. The molecule has 2 amide bonds. The second-order valence-corrected chi connectivity index (χ2v) is 7.31. The van der Waals surface area contributed by atoms with Gasteiger partial charge in [0, 0.05) is 23.6 Å². The van der Waals surface area contributed by atoms with Crippen LogP contribution in [0.15, 0.2) is 9.90 Å². The number of amides is 2. The second-order valence-electron chi connectivity index (χ2n) is 6.45. The number of aryl methyl sites for hydroxylation is 1. The van der Waals surface area contributed by atoms with Gasteiger partial charge in [0.1, 0.15) is 0 Å². The average molecular weight is 351 g/mol. The monoisotopic (exact) mass is 351 g/mol. The van der Waals surface area contributed by atoms with E-state index in [0.29, 0.717) is 41.8 Å². The molecule has 0 unspecified atom stereocenters. The number of thiazole rings is 1. The third-order valence-electron chi connectivity index (χ3n) is 3.09. The SMILES string of the molecule is CC(C)(C)c1noc(CCCC(=O)Nc2nc(CC(N)=O)cs2)n1. The summed E-state index contributed by atoms with van der Waals surface area (Å²) in [6.07, 6.45) is 1.52. The summed E-state index contributed by atoms with van der Waals surface area (Å²) in [5.74, 6) is 0.593. The van der Waals surface area contributed by atoms with Crippen molar-refractivity contribution in [1.82, 2.24) is 15.1 Å². The molecule has 0 saturated heterocycles. The third-order valence-corrected chi connectivity index (χ3v) is 3.89. The maximum Gasteiger partial charge on any atom is 0.226 e. The molecule has 2 aromatic rings. The Labute approximate surface area is 143 Å². The number of anilines is 1. The Morgan fingerprint density at radius 1 is 1.33 bits per heavy atom. The highest BCUT2D eigenvalue weighted by atomic mass is 32.1. The van der Waals surface area contributed by atoms with E-state index in [0.717, 1.165) is 0 Å². The van der Waals surface area contributed by atoms with Crippen molar-refractivity contribution in [1.29, 1.82) is 0 Å². The third kappa shape index (κ3) is 5.41. The molecular formula is C15H21N5O3S. The zero-order valence-corrected chi connectivity index (χ0v) is 14.8. The molecule has 2 aromatic heterocycles. The van der Waals surface area contributed by atoms with Gasteiger partial charge in [-0.1, -0.05) is 25.9 Å². The number of hydrogen-bond acceptors (Lipinski definition) is 7. The van der Waals surface area contributed by atoms with Gasteiger partial charge in [-0.25, -0.2) is 4.98 Å². The fourth-order valence-electron chi connectivity index (χ4n) is 1.87. The Morgan fingerprint density at radius 2 is 2.08 bits per heavy atom. The highest BCUT2D eigenvalue weighted by Gasteiger charge is 2.20. The minimum absolute atomic E-state index is 0.0691. The van der Waals surface area contributed by atoms with E-state index in [-0.39, 0.29) is 17.7 Å². The van der Waals surface area contributed by atoms with Crippen LogP contribution < -0.4 is 11.1 Å². The molecule has 2 rings (SSSR count). The number of hydrogen-bond donors (Lipinski definition) is 2. The van der Waals surface area contributed by atoms with E-state index < -0.39 is 5.91 Å². The summed E-state index contributed by atoms with van der Waals surface area (Å²) >= 11 is 1.26. The summed E-state index contributed by atoms with van der Waals surface area (Å²) in [7, 11) is 0. The van der Waals surface area contributed by atoms with Gasteiger partial charge >= 0.3 is 0 Å². The van der Waals surface area contributed by atoms with Gasteiger partial charge in [-0.05, 0) is 6.42 Å². The molecule has 0 aromatic carbocycles. The first-order valence-electron chi connectivity index (χ1n) is 7.59. The van der Waals surface area contributed by atoms with Crippen LogP contribution in [-0.2, 0) is 27.8 Å². The molecule has 130 valence electrons. The van der Waals surface area contributed by atoms with Crippen molar-refractivity contribution in [2.24, 2.45) is 5.73 Å². The van der Waals surface area contributed by atoms with Crippen molar-refractivity contribution < 1.29 is 14.1 Å². The predicted molar refractivity (Wildman–Crippen MR) is 89.6 cm³/mol. The Kier molecular flexibility index (Phi) is 5.66. The van der Waals surface area contributed by atoms with Crippen molar-refractivity contribution in [2.45, 2.75) is 51.9 Å². The number of carbonyl (C=O) groups excluding carboxylic acids is 2. The topological polar surface area (TPSA) is 124 Å². The molecule has 0 saturated carbocycles. The molecule has 0 aliphatic carbocycles. The van der Waals surface area contributed by atoms with Gasteiger partial charge in [-0.3, -0.25) is 9.59 Å². The van der Waals surface area contributed by atoms with E-state index >= 15 is 0 Å². The zero-order chi connectivity index (χ0) is 17.7. The first kappa shape index (κ1) is 18.1. The smallest absolute Gasteiger partial charge is 0.226 e. The maximum absolute atomic E-state index is 11.9. The highest BCUT2D eigenvalue weighted by Crippen LogP contribution is 2.19.